The molecule has 1 aliphatic rings. The average Bonchev–Trinajstić information content (AvgIpc) is 3.30. The van der Waals surface area contributed by atoms with Gasteiger partial charge in [0.15, 0.2) is 17.1 Å². The van der Waals surface area contributed by atoms with Gasteiger partial charge in [-0.1, -0.05) is 0 Å². The highest BCUT2D eigenvalue weighted by atomic mass is 16.3. The van der Waals surface area contributed by atoms with Crippen LogP contribution in [0.25, 0.3) is 11.1 Å². The zero-order chi connectivity index (χ0) is 19.3. The number of aromatic nitrogens is 1. The van der Waals surface area contributed by atoms with Crippen molar-refractivity contribution in [3.05, 3.63) is 24.1 Å². The molecule has 0 unspecified atom stereocenters. The molecule has 2 aromatic rings. The maximum absolute atomic E-state index is 12.0. The van der Waals surface area contributed by atoms with Crippen molar-refractivity contribution >= 4 is 28.6 Å². The Morgan fingerprint density at radius 3 is 2.74 bits per heavy atom. The van der Waals surface area contributed by atoms with Crippen molar-refractivity contribution in [1.82, 2.24) is 10.3 Å². The van der Waals surface area contributed by atoms with Crippen LogP contribution in [-0.4, -0.2) is 29.0 Å². The highest BCUT2D eigenvalue weighted by Crippen LogP contribution is 2.36. The number of nitrogens with zero attached hydrogens (tertiary/aromatic N) is 3. The van der Waals surface area contributed by atoms with Crippen LogP contribution in [0.4, 0.5) is 5.69 Å². The van der Waals surface area contributed by atoms with E-state index in [0.29, 0.717) is 48.5 Å². The smallest absolute Gasteiger partial charge is 0.224 e. The lowest BCUT2D eigenvalue weighted by molar-refractivity contribution is -0.124. The number of hydrogen-bond donors (Lipinski definition) is 2. The summed E-state index contributed by atoms with van der Waals surface area (Å²) < 4.78 is 5.39. The Morgan fingerprint density at radius 1 is 1.22 bits per heavy atom. The van der Waals surface area contributed by atoms with Crippen molar-refractivity contribution < 1.29 is 14.0 Å². The van der Waals surface area contributed by atoms with E-state index in [0.717, 1.165) is 0 Å². The second-order valence-corrected chi connectivity index (χ2v) is 6.45. The Balaban J connectivity index is 1.37. The van der Waals surface area contributed by atoms with Crippen molar-refractivity contribution in [1.29, 1.82) is 0 Å². The lowest BCUT2D eigenvalue weighted by atomic mass is 10.0. The predicted octanol–water partition coefficient (Wildman–Crippen LogP) is 2.94. The van der Waals surface area contributed by atoms with Gasteiger partial charge in [0.05, 0.1) is 0 Å². The number of carbonyl (C=O) groups excluding carboxylic acids is 2. The number of nitrogens with one attached hydrogen (secondary N) is 2. The second kappa shape index (κ2) is 7.99. The summed E-state index contributed by atoms with van der Waals surface area (Å²) in [5.41, 5.74) is 1.56. The summed E-state index contributed by atoms with van der Waals surface area (Å²) in [6, 6.07) is 5.23. The largest absolute Gasteiger partial charge is 0.441 e. The first-order valence-electron chi connectivity index (χ1n) is 8.81. The fourth-order valence-corrected chi connectivity index (χ4v) is 2.73. The van der Waals surface area contributed by atoms with Gasteiger partial charge in [-0.3, -0.25) is 9.59 Å². The Labute approximate surface area is 156 Å². The molecule has 0 saturated carbocycles. The van der Waals surface area contributed by atoms with E-state index in [1.807, 2.05) is 0 Å². The fraction of sp³-hybridized carbons (Fsp3) is 0.421. The zero-order valence-electron chi connectivity index (χ0n) is 15.1. The molecule has 0 aliphatic carbocycles. The lowest BCUT2D eigenvalue weighted by Crippen LogP contribution is -2.29. The molecule has 1 aliphatic heterocycles. The van der Waals surface area contributed by atoms with Gasteiger partial charge in [0.25, 0.3) is 0 Å². The monoisotopic (exact) mass is 367 g/mol. The summed E-state index contributed by atoms with van der Waals surface area (Å²) in [6.07, 6.45) is 7.40. The fourth-order valence-electron chi connectivity index (χ4n) is 2.73. The SMILES string of the molecule is C#CCCC1(CCNC(=O)CCC(=O)Nc2ccc3oc(C)nc3c2)N=N1. The molecule has 140 valence electrons. The van der Waals surface area contributed by atoms with Gasteiger partial charge in [0.2, 0.25) is 11.8 Å². The molecule has 0 radical (unpaired) electrons. The van der Waals surface area contributed by atoms with E-state index in [2.05, 4.69) is 31.8 Å². The van der Waals surface area contributed by atoms with Crippen molar-refractivity contribution in [2.24, 2.45) is 10.2 Å². The standard InChI is InChI=1S/C19H21N5O3/c1-3-4-9-19(23-24-19)10-11-20-17(25)7-8-18(26)22-14-5-6-16-15(12-14)21-13(2)27-16/h1,5-6,12H,4,7-11H2,2H3,(H,20,25)(H,22,26). The number of aryl methyl sites for hydroxylation is 1. The molecule has 2 amide bonds. The van der Waals surface area contributed by atoms with Gasteiger partial charge in [-0.05, 0) is 18.2 Å². The van der Waals surface area contributed by atoms with Crippen molar-refractivity contribution in [2.75, 3.05) is 11.9 Å². The Morgan fingerprint density at radius 2 is 2.00 bits per heavy atom. The van der Waals surface area contributed by atoms with E-state index in [-0.39, 0.29) is 24.7 Å². The molecule has 1 aromatic heterocycles. The van der Waals surface area contributed by atoms with Gasteiger partial charge in [0, 0.05) is 51.3 Å². The number of benzene rings is 1. The van der Waals surface area contributed by atoms with Gasteiger partial charge in [-0.2, -0.15) is 10.2 Å². The molecule has 0 bridgehead atoms. The van der Waals surface area contributed by atoms with E-state index >= 15 is 0 Å². The summed E-state index contributed by atoms with van der Waals surface area (Å²) in [5.74, 6) is 2.72. The Kier molecular flexibility index (Phi) is 5.50. The summed E-state index contributed by atoms with van der Waals surface area (Å²) in [5, 5.41) is 13.6. The van der Waals surface area contributed by atoms with Crippen LogP contribution in [0.15, 0.2) is 32.8 Å². The van der Waals surface area contributed by atoms with Crippen LogP contribution in [-0.2, 0) is 9.59 Å². The molecule has 3 rings (SSSR count). The molecule has 8 heteroatoms. The van der Waals surface area contributed by atoms with E-state index < -0.39 is 5.66 Å². The third kappa shape index (κ3) is 5.14. The number of hydrogen-bond acceptors (Lipinski definition) is 6. The maximum Gasteiger partial charge on any atom is 0.224 e. The summed E-state index contributed by atoms with van der Waals surface area (Å²) in [4.78, 5) is 28.2. The van der Waals surface area contributed by atoms with E-state index in [4.69, 9.17) is 10.8 Å². The molecular weight excluding hydrogens is 346 g/mol. The summed E-state index contributed by atoms with van der Waals surface area (Å²) >= 11 is 0. The lowest BCUT2D eigenvalue weighted by Gasteiger charge is -2.10. The van der Waals surface area contributed by atoms with Crippen LogP contribution in [0.3, 0.4) is 0 Å². The third-order valence-electron chi connectivity index (χ3n) is 4.26. The number of amides is 2. The molecule has 8 nitrogen and oxygen atoms in total. The van der Waals surface area contributed by atoms with Gasteiger partial charge >= 0.3 is 0 Å². The quantitative estimate of drug-likeness (QED) is 0.664. The summed E-state index contributed by atoms with van der Waals surface area (Å²) in [6.45, 7) is 2.22. The Hall–Kier alpha value is -3.21. The molecule has 0 saturated heterocycles. The van der Waals surface area contributed by atoms with Gasteiger partial charge < -0.3 is 15.1 Å². The van der Waals surface area contributed by atoms with E-state index in [9.17, 15) is 9.59 Å². The van der Waals surface area contributed by atoms with Crippen LogP contribution >= 0.6 is 0 Å². The molecular formula is C19H21N5O3. The van der Waals surface area contributed by atoms with Gasteiger partial charge in [-0.15, -0.1) is 12.3 Å². The number of carbonyl (C=O) groups is 2. The minimum absolute atomic E-state index is 0.0959. The van der Waals surface area contributed by atoms with Crippen LogP contribution in [0.1, 0.15) is 38.0 Å². The van der Waals surface area contributed by atoms with Crippen LogP contribution < -0.4 is 10.6 Å². The minimum Gasteiger partial charge on any atom is -0.441 e. The highest BCUT2D eigenvalue weighted by Gasteiger charge is 2.38. The predicted molar refractivity (Wildman–Crippen MR) is 99.9 cm³/mol. The van der Waals surface area contributed by atoms with Crippen molar-refractivity contribution in [2.45, 2.75) is 44.7 Å². The van der Waals surface area contributed by atoms with Gasteiger partial charge in [-0.25, -0.2) is 4.98 Å². The third-order valence-corrected chi connectivity index (χ3v) is 4.26. The minimum atomic E-state index is -0.408. The first-order chi connectivity index (χ1) is 13.0. The summed E-state index contributed by atoms with van der Waals surface area (Å²) in [7, 11) is 0. The number of fused-ring (bicyclic) bond motifs is 1. The number of terminal acetylenes is 1. The molecule has 0 atom stereocenters. The molecule has 2 N–H and O–H groups in total. The first-order valence-corrected chi connectivity index (χ1v) is 8.81. The van der Waals surface area contributed by atoms with Crippen molar-refractivity contribution in [3.63, 3.8) is 0 Å². The van der Waals surface area contributed by atoms with Crippen LogP contribution in [0, 0.1) is 19.3 Å². The second-order valence-electron chi connectivity index (χ2n) is 6.45. The molecule has 0 spiro atoms. The molecule has 0 fully saturated rings. The van der Waals surface area contributed by atoms with Gasteiger partial charge in [0.1, 0.15) is 5.52 Å². The maximum atomic E-state index is 12.0. The number of rotatable bonds is 9. The average molecular weight is 367 g/mol. The van der Waals surface area contributed by atoms with Crippen molar-refractivity contribution in [3.8, 4) is 12.3 Å². The normalized spacial score (nSPS) is 13.9. The van der Waals surface area contributed by atoms with E-state index in [1.54, 1.807) is 25.1 Å². The topological polar surface area (TPSA) is 109 Å². The Bertz CT molecular complexity index is 919. The highest BCUT2D eigenvalue weighted by molar-refractivity contribution is 5.94. The van der Waals surface area contributed by atoms with E-state index in [1.165, 1.54) is 0 Å². The zero-order valence-corrected chi connectivity index (χ0v) is 15.1. The first kappa shape index (κ1) is 18.6. The number of anilines is 1. The molecule has 27 heavy (non-hydrogen) atoms. The van der Waals surface area contributed by atoms with Crippen LogP contribution in [0.5, 0.6) is 0 Å². The van der Waals surface area contributed by atoms with Crippen LogP contribution in [0.2, 0.25) is 0 Å². The molecule has 1 aromatic carbocycles. The molecule has 2 heterocycles. The number of oxazole rings is 1.